The van der Waals surface area contributed by atoms with Crippen molar-refractivity contribution >= 4 is 6.21 Å². The minimum atomic E-state index is 0.551. The van der Waals surface area contributed by atoms with E-state index in [9.17, 15) is 0 Å². The highest BCUT2D eigenvalue weighted by Gasteiger charge is 1.96. The highest BCUT2D eigenvalue weighted by molar-refractivity contribution is 5.79. The number of benzene rings is 2. The first kappa shape index (κ1) is 12.2. The zero-order valence-corrected chi connectivity index (χ0v) is 10.2. The van der Waals surface area contributed by atoms with Gasteiger partial charge in [-0.3, -0.25) is 0 Å². The van der Waals surface area contributed by atoms with E-state index in [4.69, 9.17) is 9.94 Å². The van der Waals surface area contributed by atoms with Crippen LogP contribution >= 0.6 is 0 Å². The van der Waals surface area contributed by atoms with Crippen LogP contribution in [-0.4, -0.2) is 11.4 Å². The molecular weight excluding hydrogens is 226 g/mol. The maximum atomic E-state index is 8.41. The zero-order valence-electron chi connectivity index (χ0n) is 10.2. The van der Waals surface area contributed by atoms with Crippen molar-refractivity contribution < 1.29 is 9.94 Å². The molecule has 3 heteroatoms. The van der Waals surface area contributed by atoms with Crippen LogP contribution in [0.4, 0.5) is 0 Å². The van der Waals surface area contributed by atoms with Crippen LogP contribution in [-0.2, 0) is 6.61 Å². The molecule has 0 fully saturated rings. The first-order chi connectivity index (χ1) is 8.78. The quantitative estimate of drug-likeness (QED) is 0.506. The number of oxime groups is 1. The summed E-state index contributed by atoms with van der Waals surface area (Å²) in [5.74, 6) is 0.798. The number of ether oxygens (including phenoxy) is 1. The fraction of sp³-hybridized carbons (Fsp3) is 0.133. The van der Waals surface area contributed by atoms with E-state index < -0.39 is 0 Å². The fourth-order valence-electron chi connectivity index (χ4n) is 1.69. The molecule has 3 nitrogen and oxygen atoms in total. The number of hydrogen-bond acceptors (Lipinski definition) is 3. The second-order valence-corrected chi connectivity index (χ2v) is 4.09. The molecule has 18 heavy (non-hydrogen) atoms. The summed E-state index contributed by atoms with van der Waals surface area (Å²) < 4.78 is 5.67. The molecule has 2 rings (SSSR count). The molecule has 0 amide bonds. The lowest BCUT2D eigenvalue weighted by atomic mass is 10.1. The largest absolute Gasteiger partial charge is 0.489 e. The molecule has 0 unspecified atom stereocenters. The smallest absolute Gasteiger partial charge is 0.119 e. The maximum Gasteiger partial charge on any atom is 0.119 e. The summed E-state index contributed by atoms with van der Waals surface area (Å²) in [6.07, 6.45) is 1.38. The minimum absolute atomic E-state index is 0.551. The van der Waals surface area contributed by atoms with E-state index in [-0.39, 0.29) is 0 Å². The van der Waals surface area contributed by atoms with E-state index in [1.807, 2.05) is 36.4 Å². The minimum Gasteiger partial charge on any atom is -0.489 e. The predicted molar refractivity (Wildman–Crippen MR) is 71.3 cm³/mol. The highest BCUT2D eigenvalue weighted by atomic mass is 16.5. The average Bonchev–Trinajstić information content (AvgIpc) is 2.38. The number of nitrogens with zero attached hydrogens (tertiary/aromatic N) is 1. The molecular formula is C15H15NO2. The molecule has 92 valence electrons. The van der Waals surface area contributed by atoms with Crippen molar-refractivity contribution in [2.75, 3.05) is 0 Å². The number of rotatable bonds is 4. The molecule has 0 bridgehead atoms. The third kappa shape index (κ3) is 3.35. The Morgan fingerprint density at radius 2 is 1.94 bits per heavy atom. The highest BCUT2D eigenvalue weighted by Crippen LogP contribution is 2.14. The molecule has 2 aromatic rings. The van der Waals surface area contributed by atoms with Crippen molar-refractivity contribution in [3.8, 4) is 5.75 Å². The van der Waals surface area contributed by atoms with Crippen molar-refractivity contribution in [1.82, 2.24) is 0 Å². The van der Waals surface area contributed by atoms with Crippen molar-refractivity contribution in [3.63, 3.8) is 0 Å². The Morgan fingerprint density at radius 1 is 1.17 bits per heavy atom. The molecule has 0 radical (unpaired) electrons. The second kappa shape index (κ2) is 5.87. The van der Waals surface area contributed by atoms with Crippen LogP contribution in [0.5, 0.6) is 5.75 Å². The Balaban J connectivity index is 1.98. The Hall–Kier alpha value is -2.29. The molecule has 0 heterocycles. The molecule has 0 aliphatic carbocycles. The van der Waals surface area contributed by atoms with Gasteiger partial charge in [0, 0.05) is 0 Å². The molecule has 1 N–H and O–H groups in total. The van der Waals surface area contributed by atoms with Crippen LogP contribution in [0, 0.1) is 6.92 Å². The summed E-state index contributed by atoms with van der Waals surface area (Å²) >= 11 is 0. The first-order valence-electron chi connectivity index (χ1n) is 5.74. The Kier molecular flexibility index (Phi) is 3.97. The summed E-state index contributed by atoms with van der Waals surface area (Å²) in [5, 5.41) is 11.4. The summed E-state index contributed by atoms with van der Waals surface area (Å²) in [5.41, 5.74) is 3.21. The fourth-order valence-corrected chi connectivity index (χ4v) is 1.69. The lowest BCUT2D eigenvalue weighted by molar-refractivity contribution is 0.306. The zero-order chi connectivity index (χ0) is 12.8. The average molecular weight is 241 g/mol. The first-order valence-corrected chi connectivity index (χ1v) is 5.74. The van der Waals surface area contributed by atoms with Crippen LogP contribution in [0.15, 0.2) is 53.7 Å². The maximum absolute atomic E-state index is 8.41. The molecule has 0 saturated carbocycles. The lowest BCUT2D eigenvalue weighted by Crippen LogP contribution is -1.95. The number of aryl methyl sites for hydroxylation is 1. The van der Waals surface area contributed by atoms with Gasteiger partial charge in [-0.2, -0.15) is 0 Å². The molecule has 0 aliphatic heterocycles. The molecule has 0 spiro atoms. The van der Waals surface area contributed by atoms with E-state index >= 15 is 0 Å². The van der Waals surface area contributed by atoms with Gasteiger partial charge < -0.3 is 9.94 Å². The van der Waals surface area contributed by atoms with Gasteiger partial charge >= 0.3 is 0 Å². The van der Waals surface area contributed by atoms with Crippen LogP contribution in [0.1, 0.15) is 16.7 Å². The van der Waals surface area contributed by atoms with Crippen molar-refractivity contribution in [3.05, 3.63) is 65.2 Å². The van der Waals surface area contributed by atoms with Gasteiger partial charge in [-0.1, -0.05) is 35.0 Å². The van der Waals surface area contributed by atoms with E-state index in [1.54, 1.807) is 0 Å². The third-order valence-electron chi connectivity index (χ3n) is 2.57. The van der Waals surface area contributed by atoms with Gasteiger partial charge in [0.05, 0.1) is 6.21 Å². The van der Waals surface area contributed by atoms with Gasteiger partial charge in [-0.15, -0.1) is 0 Å². The van der Waals surface area contributed by atoms with Crippen LogP contribution in [0.3, 0.4) is 0 Å². The van der Waals surface area contributed by atoms with E-state index in [1.165, 1.54) is 11.8 Å². The van der Waals surface area contributed by atoms with Crippen LogP contribution in [0.2, 0.25) is 0 Å². The van der Waals surface area contributed by atoms with E-state index in [2.05, 4.69) is 24.2 Å². The van der Waals surface area contributed by atoms with Gasteiger partial charge in [-0.05, 0) is 42.3 Å². The molecule has 0 aliphatic rings. The second-order valence-electron chi connectivity index (χ2n) is 4.09. The summed E-state index contributed by atoms with van der Waals surface area (Å²) in [7, 11) is 0. The van der Waals surface area contributed by atoms with Crippen LogP contribution in [0.25, 0.3) is 0 Å². The normalized spacial score (nSPS) is 10.7. The molecule has 0 aromatic heterocycles. The van der Waals surface area contributed by atoms with Crippen LogP contribution < -0.4 is 4.74 Å². The van der Waals surface area contributed by atoms with Gasteiger partial charge in [-0.25, -0.2) is 0 Å². The van der Waals surface area contributed by atoms with Gasteiger partial charge in [0.25, 0.3) is 0 Å². The third-order valence-corrected chi connectivity index (χ3v) is 2.57. The predicted octanol–water partition coefficient (Wildman–Crippen LogP) is 3.38. The summed E-state index contributed by atoms with van der Waals surface area (Å²) in [6.45, 7) is 2.61. The van der Waals surface area contributed by atoms with Crippen molar-refractivity contribution in [2.24, 2.45) is 5.16 Å². The Bertz CT molecular complexity index is 532. The standard InChI is InChI=1S/C15H15NO2/c1-12-3-2-4-14(9-12)11-18-15-7-5-13(6-8-15)10-16-17/h2-10,17H,11H2,1H3. The van der Waals surface area contributed by atoms with E-state index in [0.29, 0.717) is 6.61 Å². The summed E-state index contributed by atoms with van der Waals surface area (Å²) in [6, 6.07) is 15.6. The van der Waals surface area contributed by atoms with E-state index in [0.717, 1.165) is 16.9 Å². The molecule has 0 atom stereocenters. The number of hydrogen-bond donors (Lipinski definition) is 1. The SMILES string of the molecule is Cc1cccc(COc2ccc(C=NO)cc2)c1. The monoisotopic (exact) mass is 241 g/mol. The lowest BCUT2D eigenvalue weighted by Gasteiger charge is -2.07. The van der Waals surface area contributed by atoms with Gasteiger partial charge in [0.2, 0.25) is 0 Å². The van der Waals surface area contributed by atoms with Crippen molar-refractivity contribution in [2.45, 2.75) is 13.5 Å². The van der Waals surface area contributed by atoms with Crippen molar-refractivity contribution in [1.29, 1.82) is 0 Å². The van der Waals surface area contributed by atoms with Gasteiger partial charge in [0.1, 0.15) is 12.4 Å². The summed E-state index contributed by atoms with van der Waals surface area (Å²) in [4.78, 5) is 0. The molecule has 0 saturated heterocycles. The Morgan fingerprint density at radius 3 is 2.61 bits per heavy atom. The topological polar surface area (TPSA) is 41.8 Å². The van der Waals surface area contributed by atoms with Gasteiger partial charge in [0.15, 0.2) is 0 Å². The molecule has 2 aromatic carbocycles. The Labute approximate surface area is 106 Å².